The first-order valence-corrected chi connectivity index (χ1v) is 6.81. The third-order valence-electron chi connectivity index (χ3n) is 2.01. The molecule has 1 atom stereocenters. The number of methoxy groups -OCH3 is 1. The molecule has 3 N–H and O–H groups in total. The third kappa shape index (κ3) is 8.48. The minimum Gasteiger partial charge on any atom is -0.480 e. The Labute approximate surface area is 110 Å². The van der Waals surface area contributed by atoms with E-state index in [4.69, 9.17) is 19.1 Å². The Morgan fingerprint density at radius 2 is 1.89 bits per heavy atom. The molecule has 112 valence electrons. The van der Waals surface area contributed by atoms with E-state index in [0.717, 1.165) is 0 Å². The Morgan fingerprint density at radius 3 is 2.37 bits per heavy atom. The molecule has 10 heteroatoms. The van der Waals surface area contributed by atoms with Crippen molar-refractivity contribution < 1.29 is 37.1 Å². The molecule has 0 aliphatic heterocycles. The standard InChI is InChI=1S/C9H17NO8S/c1-17-4-5-18-3-2-10-8(11)6-7(9(12)13)19(14,15)16/h7H,2-6H2,1H3,(H,10,11)(H,12,13)(H,14,15,16). The van der Waals surface area contributed by atoms with E-state index in [0.29, 0.717) is 13.2 Å². The molecule has 0 aromatic rings. The van der Waals surface area contributed by atoms with Crippen LogP contribution in [0.4, 0.5) is 0 Å². The first-order chi connectivity index (χ1) is 8.79. The number of aliphatic carboxylic acids is 1. The molecule has 0 saturated heterocycles. The van der Waals surface area contributed by atoms with Gasteiger partial charge >= 0.3 is 5.97 Å². The van der Waals surface area contributed by atoms with Gasteiger partial charge in [0.15, 0.2) is 5.25 Å². The van der Waals surface area contributed by atoms with Gasteiger partial charge in [-0.25, -0.2) is 0 Å². The second-order valence-corrected chi connectivity index (χ2v) is 5.10. The predicted octanol–water partition coefficient (Wildman–Crippen LogP) is -1.50. The molecule has 9 nitrogen and oxygen atoms in total. The number of carbonyl (C=O) groups is 2. The lowest BCUT2D eigenvalue weighted by molar-refractivity contribution is -0.138. The van der Waals surface area contributed by atoms with Crippen molar-refractivity contribution in [1.29, 1.82) is 0 Å². The molecule has 0 heterocycles. The van der Waals surface area contributed by atoms with Gasteiger partial charge in [-0.05, 0) is 0 Å². The van der Waals surface area contributed by atoms with Gasteiger partial charge in [0.05, 0.1) is 26.2 Å². The molecule has 1 unspecified atom stereocenters. The van der Waals surface area contributed by atoms with Gasteiger partial charge in [0.1, 0.15) is 0 Å². The average molecular weight is 299 g/mol. The Hall–Kier alpha value is -1.23. The number of hydrogen-bond acceptors (Lipinski definition) is 6. The quantitative estimate of drug-likeness (QED) is 0.327. The largest absolute Gasteiger partial charge is 0.480 e. The number of carboxylic acid groups (broad SMARTS) is 1. The molecular formula is C9H17NO8S. The monoisotopic (exact) mass is 299 g/mol. The van der Waals surface area contributed by atoms with Crippen molar-refractivity contribution in [2.75, 3.05) is 33.5 Å². The van der Waals surface area contributed by atoms with Crippen LogP contribution in [0.1, 0.15) is 6.42 Å². The minimum absolute atomic E-state index is 0.0976. The van der Waals surface area contributed by atoms with Crippen molar-refractivity contribution in [3.8, 4) is 0 Å². The van der Waals surface area contributed by atoms with Crippen LogP contribution in [-0.2, 0) is 29.2 Å². The summed E-state index contributed by atoms with van der Waals surface area (Å²) in [6, 6.07) is 0. The van der Waals surface area contributed by atoms with Crippen molar-refractivity contribution in [2.24, 2.45) is 0 Å². The fourth-order valence-electron chi connectivity index (χ4n) is 1.07. The highest BCUT2D eigenvalue weighted by atomic mass is 32.2. The summed E-state index contributed by atoms with van der Waals surface area (Å²) in [5, 5.41) is 8.68. The molecule has 0 radical (unpaired) electrons. The van der Waals surface area contributed by atoms with Crippen LogP contribution in [0.15, 0.2) is 0 Å². The molecule has 19 heavy (non-hydrogen) atoms. The van der Waals surface area contributed by atoms with Crippen LogP contribution >= 0.6 is 0 Å². The summed E-state index contributed by atoms with van der Waals surface area (Å²) in [5.74, 6) is -2.59. The van der Waals surface area contributed by atoms with Gasteiger partial charge in [0, 0.05) is 13.7 Å². The van der Waals surface area contributed by atoms with Crippen molar-refractivity contribution in [1.82, 2.24) is 5.32 Å². The Balaban J connectivity index is 3.99. The summed E-state index contributed by atoms with van der Waals surface area (Å²) >= 11 is 0. The Bertz CT molecular complexity index is 393. The molecule has 1 amide bonds. The van der Waals surface area contributed by atoms with Crippen LogP contribution in [0.5, 0.6) is 0 Å². The molecule has 0 saturated carbocycles. The van der Waals surface area contributed by atoms with Gasteiger partial charge in [0.2, 0.25) is 5.91 Å². The number of carboxylic acids is 1. The van der Waals surface area contributed by atoms with Gasteiger partial charge in [-0.15, -0.1) is 0 Å². The fraction of sp³-hybridized carbons (Fsp3) is 0.778. The van der Waals surface area contributed by atoms with E-state index in [1.54, 1.807) is 0 Å². The number of carbonyl (C=O) groups excluding carboxylic acids is 1. The van der Waals surface area contributed by atoms with Crippen LogP contribution in [0.25, 0.3) is 0 Å². The average Bonchev–Trinajstić information content (AvgIpc) is 2.28. The molecule has 0 bridgehead atoms. The topological polar surface area (TPSA) is 139 Å². The third-order valence-corrected chi connectivity index (χ3v) is 3.09. The summed E-state index contributed by atoms with van der Waals surface area (Å²) in [6.45, 7) is 1.02. The number of nitrogens with one attached hydrogen (secondary N) is 1. The van der Waals surface area contributed by atoms with E-state index in [1.807, 2.05) is 0 Å². The molecule has 0 aliphatic carbocycles. The Morgan fingerprint density at radius 1 is 1.26 bits per heavy atom. The van der Waals surface area contributed by atoms with Crippen molar-refractivity contribution in [3.63, 3.8) is 0 Å². The first kappa shape index (κ1) is 17.8. The minimum atomic E-state index is -4.81. The molecule has 0 aromatic heterocycles. The molecule has 0 fully saturated rings. The highest BCUT2D eigenvalue weighted by Gasteiger charge is 2.33. The maximum Gasteiger partial charge on any atom is 0.324 e. The van der Waals surface area contributed by atoms with E-state index < -0.39 is 33.7 Å². The smallest absolute Gasteiger partial charge is 0.324 e. The zero-order valence-electron chi connectivity index (χ0n) is 10.4. The first-order valence-electron chi connectivity index (χ1n) is 5.31. The van der Waals surface area contributed by atoms with Crippen LogP contribution in [-0.4, -0.2) is 68.7 Å². The number of hydrogen-bond donors (Lipinski definition) is 3. The highest BCUT2D eigenvalue weighted by molar-refractivity contribution is 7.87. The molecule has 0 aliphatic rings. The van der Waals surface area contributed by atoms with E-state index >= 15 is 0 Å². The normalized spacial score (nSPS) is 12.9. The van der Waals surface area contributed by atoms with Gasteiger partial charge < -0.3 is 19.9 Å². The maximum atomic E-state index is 11.3. The van der Waals surface area contributed by atoms with E-state index in [1.165, 1.54) is 7.11 Å². The lowest BCUT2D eigenvalue weighted by Gasteiger charge is -2.09. The Kier molecular flexibility index (Phi) is 8.23. The van der Waals surface area contributed by atoms with E-state index in [9.17, 15) is 18.0 Å². The molecule has 0 aromatic carbocycles. The van der Waals surface area contributed by atoms with Crippen LogP contribution in [0, 0.1) is 0 Å². The van der Waals surface area contributed by atoms with E-state index in [2.05, 4.69) is 5.32 Å². The van der Waals surface area contributed by atoms with Crippen LogP contribution in [0.2, 0.25) is 0 Å². The van der Waals surface area contributed by atoms with Crippen molar-refractivity contribution >= 4 is 22.0 Å². The van der Waals surface area contributed by atoms with Gasteiger partial charge in [0.25, 0.3) is 10.1 Å². The van der Waals surface area contributed by atoms with Gasteiger partial charge in [-0.3, -0.25) is 14.1 Å². The summed E-state index contributed by atoms with van der Waals surface area (Å²) in [4.78, 5) is 21.8. The van der Waals surface area contributed by atoms with Crippen molar-refractivity contribution in [3.05, 3.63) is 0 Å². The van der Waals surface area contributed by atoms with E-state index in [-0.39, 0.29) is 13.2 Å². The molecule has 0 spiro atoms. The van der Waals surface area contributed by atoms with Crippen LogP contribution in [0.3, 0.4) is 0 Å². The highest BCUT2D eigenvalue weighted by Crippen LogP contribution is 2.04. The summed E-state index contributed by atoms with van der Waals surface area (Å²) in [7, 11) is -3.30. The second kappa shape index (κ2) is 8.80. The van der Waals surface area contributed by atoms with Gasteiger partial charge in [-0.2, -0.15) is 8.42 Å². The fourth-order valence-corrected chi connectivity index (χ4v) is 1.68. The predicted molar refractivity (Wildman–Crippen MR) is 63.3 cm³/mol. The second-order valence-electron chi connectivity index (χ2n) is 3.50. The summed E-state index contributed by atoms with van der Waals surface area (Å²) in [6.07, 6.45) is -0.855. The van der Waals surface area contributed by atoms with Gasteiger partial charge in [-0.1, -0.05) is 0 Å². The maximum absolute atomic E-state index is 11.3. The zero-order valence-corrected chi connectivity index (χ0v) is 11.2. The van der Waals surface area contributed by atoms with Crippen molar-refractivity contribution in [2.45, 2.75) is 11.7 Å². The zero-order chi connectivity index (χ0) is 14.9. The lowest BCUT2D eigenvalue weighted by Crippen LogP contribution is -2.37. The lowest BCUT2D eigenvalue weighted by atomic mass is 10.3. The molecule has 0 rings (SSSR count). The molecular weight excluding hydrogens is 282 g/mol. The number of rotatable bonds is 10. The van der Waals surface area contributed by atoms with Crippen LogP contribution < -0.4 is 5.32 Å². The SMILES string of the molecule is COCCOCCNC(=O)CC(C(=O)O)S(=O)(=O)O. The summed E-state index contributed by atoms with van der Waals surface area (Å²) < 4.78 is 39.8. The summed E-state index contributed by atoms with van der Waals surface area (Å²) in [5.41, 5.74) is 0. The number of ether oxygens (including phenoxy) is 2. The number of amides is 1.